The molecule has 0 aromatic carbocycles. The van der Waals surface area contributed by atoms with E-state index < -0.39 is 6.10 Å². The molecule has 196 valence electrons. The lowest BCUT2D eigenvalue weighted by molar-refractivity contribution is -0.146. The Morgan fingerprint density at radius 2 is 2.08 bits per heavy atom. The number of rotatable bonds is 6. The van der Waals surface area contributed by atoms with Crippen molar-refractivity contribution in [3.63, 3.8) is 0 Å². The first-order chi connectivity index (χ1) is 17.3. The minimum atomic E-state index is -0.486. The number of aliphatic hydroxyl groups is 1. The molecule has 1 saturated carbocycles. The van der Waals surface area contributed by atoms with Gasteiger partial charge in [-0.3, -0.25) is 9.78 Å². The zero-order valence-electron chi connectivity index (χ0n) is 22.1. The van der Waals surface area contributed by atoms with E-state index in [1.165, 1.54) is 4.88 Å². The van der Waals surface area contributed by atoms with Crippen molar-refractivity contribution in [1.82, 2.24) is 19.8 Å². The molecule has 0 spiro atoms. The molecule has 2 fully saturated rings. The van der Waals surface area contributed by atoms with Crippen LogP contribution in [0.15, 0.2) is 24.4 Å². The minimum Gasteiger partial charge on any atom is -0.392 e. The highest BCUT2D eigenvalue weighted by atomic mass is 32.1. The molecule has 0 radical (unpaired) electrons. The largest absolute Gasteiger partial charge is 0.392 e. The standard InChI is InChI=1S/C28H41N5O2S/c1-18(26(35)33-15-13-32(4)14-16-33)21-8-10-28(3)17-22-24(19(2)23(28)25(21)34)31-27(36-22)30-12-9-20-7-5-6-11-29-20/h5-7,11,18-19,21,23,25,34H,8-10,12-17H2,1-4H3,(H,30,31)/t18-,19+,21-,23+,25-,28+/m0/s1. The number of nitrogens with one attached hydrogen (secondary N) is 1. The van der Waals surface area contributed by atoms with E-state index in [-0.39, 0.29) is 35.0 Å². The average Bonchev–Trinajstić information content (AvgIpc) is 3.27. The molecular weight excluding hydrogens is 470 g/mol. The Morgan fingerprint density at radius 3 is 2.81 bits per heavy atom. The van der Waals surface area contributed by atoms with Crippen LogP contribution in [0.2, 0.25) is 0 Å². The van der Waals surface area contributed by atoms with Gasteiger partial charge in [-0.25, -0.2) is 4.98 Å². The van der Waals surface area contributed by atoms with Crippen LogP contribution in [-0.4, -0.2) is 76.7 Å². The number of anilines is 1. The summed E-state index contributed by atoms with van der Waals surface area (Å²) in [5.74, 6) is 0.364. The van der Waals surface area contributed by atoms with Crippen LogP contribution in [0.1, 0.15) is 55.8 Å². The molecule has 1 saturated heterocycles. The number of nitrogens with zero attached hydrogens (tertiary/aromatic N) is 4. The van der Waals surface area contributed by atoms with Gasteiger partial charge in [0.2, 0.25) is 5.91 Å². The maximum Gasteiger partial charge on any atom is 0.225 e. The molecule has 8 heteroatoms. The summed E-state index contributed by atoms with van der Waals surface area (Å²) in [5.41, 5.74) is 2.25. The van der Waals surface area contributed by atoms with E-state index >= 15 is 0 Å². The van der Waals surface area contributed by atoms with Gasteiger partial charge in [0.1, 0.15) is 0 Å². The quantitative estimate of drug-likeness (QED) is 0.616. The van der Waals surface area contributed by atoms with Crippen LogP contribution in [0, 0.1) is 23.2 Å². The first-order valence-corrected chi connectivity index (χ1v) is 14.4. The normalized spacial score (nSPS) is 31.4. The smallest absolute Gasteiger partial charge is 0.225 e. The molecule has 1 amide bonds. The third kappa shape index (κ3) is 4.92. The number of hydrogen-bond acceptors (Lipinski definition) is 7. The molecule has 7 nitrogen and oxygen atoms in total. The molecule has 0 unspecified atom stereocenters. The predicted molar refractivity (Wildman–Crippen MR) is 144 cm³/mol. The first kappa shape index (κ1) is 25.6. The molecule has 2 aromatic heterocycles. The summed E-state index contributed by atoms with van der Waals surface area (Å²) in [6.07, 6.45) is 5.12. The number of carbonyl (C=O) groups excluding carboxylic acids is 1. The fraction of sp³-hybridized carbons (Fsp3) is 0.679. The van der Waals surface area contributed by atoms with Gasteiger partial charge >= 0.3 is 0 Å². The molecule has 2 aromatic rings. The van der Waals surface area contributed by atoms with Gasteiger partial charge in [0.25, 0.3) is 0 Å². The number of fused-ring (bicyclic) bond motifs is 2. The highest BCUT2D eigenvalue weighted by Crippen LogP contribution is 2.57. The second-order valence-corrected chi connectivity index (χ2v) is 12.7. The van der Waals surface area contributed by atoms with Crippen molar-refractivity contribution >= 4 is 22.4 Å². The third-order valence-electron chi connectivity index (χ3n) is 9.15. The van der Waals surface area contributed by atoms with E-state index in [2.05, 4.69) is 42.2 Å². The Hall–Kier alpha value is -2.03. The second-order valence-electron chi connectivity index (χ2n) is 11.6. The summed E-state index contributed by atoms with van der Waals surface area (Å²) in [6, 6.07) is 6.01. The SMILES string of the molecule is C[C@H](C(=O)N1CCN(C)CC1)[C@@H]1CC[C@]2(C)Cc3sc(NCCc4ccccn4)nc3[C@H](C)[C@@H]2[C@H]1O. The summed E-state index contributed by atoms with van der Waals surface area (Å²) in [5, 5.41) is 16.2. The lowest BCUT2D eigenvalue weighted by Crippen LogP contribution is -2.55. The van der Waals surface area contributed by atoms with Gasteiger partial charge in [0.05, 0.1) is 11.8 Å². The maximum absolute atomic E-state index is 13.3. The van der Waals surface area contributed by atoms with E-state index in [1.54, 1.807) is 11.3 Å². The lowest BCUT2D eigenvalue weighted by Gasteiger charge is -2.53. The van der Waals surface area contributed by atoms with Gasteiger partial charge < -0.3 is 20.2 Å². The summed E-state index contributed by atoms with van der Waals surface area (Å²) >= 11 is 1.77. The molecule has 0 bridgehead atoms. The minimum absolute atomic E-state index is 0.00818. The summed E-state index contributed by atoms with van der Waals surface area (Å²) in [4.78, 5) is 28.4. The molecule has 2 aliphatic carbocycles. The maximum atomic E-state index is 13.3. The molecule has 6 atom stereocenters. The van der Waals surface area contributed by atoms with Crippen LogP contribution < -0.4 is 5.32 Å². The molecule has 3 aliphatic rings. The number of hydrogen-bond donors (Lipinski definition) is 2. The third-order valence-corrected chi connectivity index (χ3v) is 10.2. The molecule has 1 aliphatic heterocycles. The molecule has 3 heterocycles. The van der Waals surface area contributed by atoms with Gasteiger partial charge in [0, 0.05) is 67.7 Å². The summed E-state index contributed by atoms with van der Waals surface area (Å²) < 4.78 is 0. The number of aromatic nitrogens is 2. The van der Waals surface area contributed by atoms with E-state index in [4.69, 9.17) is 4.98 Å². The van der Waals surface area contributed by atoms with Crippen LogP contribution in [-0.2, 0) is 17.6 Å². The zero-order chi connectivity index (χ0) is 25.4. The van der Waals surface area contributed by atoms with Crippen molar-refractivity contribution in [3.05, 3.63) is 40.7 Å². The van der Waals surface area contributed by atoms with Crippen LogP contribution >= 0.6 is 11.3 Å². The van der Waals surface area contributed by atoms with Gasteiger partial charge in [-0.1, -0.05) is 26.8 Å². The topological polar surface area (TPSA) is 81.6 Å². The Labute approximate surface area is 219 Å². The van der Waals surface area contributed by atoms with Crippen LogP contribution in [0.5, 0.6) is 0 Å². The lowest BCUT2D eigenvalue weighted by atomic mass is 9.53. The van der Waals surface area contributed by atoms with Crippen LogP contribution in [0.3, 0.4) is 0 Å². The van der Waals surface area contributed by atoms with Crippen LogP contribution in [0.4, 0.5) is 5.13 Å². The fourth-order valence-electron chi connectivity index (χ4n) is 6.96. The van der Waals surface area contributed by atoms with E-state index in [0.717, 1.165) is 74.9 Å². The average molecular weight is 512 g/mol. The molecular formula is C28H41N5O2S. The molecule has 5 rings (SSSR count). The van der Waals surface area contributed by atoms with Crippen molar-refractivity contribution in [2.75, 3.05) is 45.1 Å². The van der Waals surface area contributed by atoms with E-state index in [0.29, 0.717) is 0 Å². The Balaban J connectivity index is 1.27. The molecule has 2 N–H and O–H groups in total. The highest BCUT2D eigenvalue weighted by molar-refractivity contribution is 7.15. The summed E-state index contributed by atoms with van der Waals surface area (Å²) in [7, 11) is 2.11. The number of thiazole rings is 1. The summed E-state index contributed by atoms with van der Waals surface area (Å²) in [6.45, 7) is 10.9. The second kappa shape index (κ2) is 10.4. The van der Waals surface area contributed by atoms with Gasteiger partial charge in [-0.05, 0) is 55.7 Å². The number of likely N-dealkylation sites (N-methyl/N-ethyl adjacent to an activating group) is 1. The van der Waals surface area contributed by atoms with Crippen LogP contribution in [0.25, 0.3) is 0 Å². The van der Waals surface area contributed by atoms with Gasteiger partial charge in [-0.2, -0.15) is 0 Å². The monoisotopic (exact) mass is 511 g/mol. The number of amides is 1. The number of pyridine rings is 1. The van der Waals surface area contributed by atoms with Gasteiger partial charge in [0.15, 0.2) is 5.13 Å². The Bertz CT molecular complexity index is 1050. The fourth-order valence-corrected chi connectivity index (χ4v) is 8.25. The van der Waals surface area contributed by atoms with Crippen molar-refractivity contribution in [3.8, 4) is 0 Å². The van der Waals surface area contributed by atoms with Gasteiger partial charge in [-0.15, -0.1) is 11.3 Å². The Morgan fingerprint density at radius 1 is 1.31 bits per heavy atom. The zero-order valence-corrected chi connectivity index (χ0v) is 22.9. The number of carbonyl (C=O) groups is 1. The molecule has 36 heavy (non-hydrogen) atoms. The van der Waals surface area contributed by atoms with Crippen molar-refractivity contribution < 1.29 is 9.90 Å². The first-order valence-electron chi connectivity index (χ1n) is 13.6. The number of piperazine rings is 1. The Kier molecular flexibility index (Phi) is 7.39. The van der Waals surface area contributed by atoms with Crippen molar-refractivity contribution in [1.29, 1.82) is 0 Å². The highest BCUT2D eigenvalue weighted by Gasteiger charge is 2.54. The van der Waals surface area contributed by atoms with Crippen molar-refractivity contribution in [2.45, 2.75) is 58.5 Å². The van der Waals surface area contributed by atoms with E-state index in [1.807, 2.05) is 30.2 Å². The number of aliphatic hydroxyl groups excluding tert-OH is 1. The predicted octanol–water partition coefficient (Wildman–Crippen LogP) is 3.66. The van der Waals surface area contributed by atoms with E-state index in [9.17, 15) is 9.90 Å². The van der Waals surface area contributed by atoms with Crippen molar-refractivity contribution in [2.24, 2.45) is 23.2 Å².